The number of carbonyl (C=O) groups is 1. The molecular formula is C15H24O2Si. The topological polar surface area (TPSA) is 37.3 Å². The van der Waals surface area contributed by atoms with E-state index in [-0.39, 0.29) is 5.73 Å². The van der Waals surface area contributed by atoms with Crippen molar-refractivity contribution in [1.82, 2.24) is 0 Å². The Morgan fingerprint density at radius 3 is 2.44 bits per heavy atom. The zero-order valence-electron chi connectivity index (χ0n) is 11.4. The van der Waals surface area contributed by atoms with Gasteiger partial charge >= 0.3 is 0 Å². The molecule has 0 aliphatic carbocycles. The van der Waals surface area contributed by atoms with Crippen LogP contribution < -0.4 is 5.19 Å². The van der Waals surface area contributed by atoms with Gasteiger partial charge in [0.1, 0.15) is 14.4 Å². The quantitative estimate of drug-likeness (QED) is 0.445. The van der Waals surface area contributed by atoms with E-state index in [0.717, 1.165) is 32.0 Å². The number of rotatable bonds is 8. The van der Waals surface area contributed by atoms with Crippen LogP contribution in [0.15, 0.2) is 30.3 Å². The number of unbranched alkanes of at least 4 members (excludes halogenated alkanes) is 3. The Balaban J connectivity index is 2.44. The summed E-state index contributed by atoms with van der Waals surface area (Å²) in [7, 11) is -1.77. The predicted octanol–water partition coefficient (Wildman–Crippen LogP) is 2.65. The van der Waals surface area contributed by atoms with Crippen molar-refractivity contribution >= 4 is 19.5 Å². The van der Waals surface area contributed by atoms with Crippen molar-refractivity contribution in [3.63, 3.8) is 0 Å². The van der Waals surface area contributed by atoms with Gasteiger partial charge in [-0.05, 0) is 12.8 Å². The maximum absolute atomic E-state index is 10.4. The van der Waals surface area contributed by atoms with Crippen LogP contribution >= 0.6 is 0 Å². The highest BCUT2D eigenvalue weighted by Gasteiger charge is 2.31. The first-order chi connectivity index (χ1) is 8.59. The zero-order valence-corrected chi connectivity index (χ0v) is 12.4. The van der Waals surface area contributed by atoms with Crippen molar-refractivity contribution in [2.45, 2.75) is 50.9 Å². The van der Waals surface area contributed by atoms with E-state index in [9.17, 15) is 9.90 Å². The summed E-state index contributed by atoms with van der Waals surface area (Å²) in [5, 5.41) is 11.7. The Hall–Kier alpha value is -0.933. The van der Waals surface area contributed by atoms with Crippen molar-refractivity contribution in [2.24, 2.45) is 0 Å². The number of hydrogen-bond acceptors (Lipinski definition) is 2. The van der Waals surface area contributed by atoms with Crippen LogP contribution in [0.3, 0.4) is 0 Å². The van der Waals surface area contributed by atoms with E-state index in [0.29, 0.717) is 6.42 Å². The van der Waals surface area contributed by atoms with Gasteiger partial charge in [0.05, 0.1) is 0 Å². The maximum Gasteiger partial charge on any atom is 0.119 e. The smallest absolute Gasteiger partial charge is 0.119 e. The van der Waals surface area contributed by atoms with Gasteiger partial charge in [0.15, 0.2) is 0 Å². The lowest BCUT2D eigenvalue weighted by Gasteiger charge is -2.29. The Morgan fingerprint density at radius 1 is 1.17 bits per heavy atom. The summed E-state index contributed by atoms with van der Waals surface area (Å²) in [6.07, 6.45) is 5.47. The summed E-state index contributed by atoms with van der Waals surface area (Å²) < 4.78 is 0. The molecule has 1 rings (SSSR count). The number of aldehydes is 1. The highest BCUT2D eigenvalue weighted by molar-refractivity contribution is 6.90. The van der Waals surface area contributed by atoms with Crippen molar-refractivity contribution in [3.8, 4) is 0 Å². The van der Waals surface area contributed by atoms with Crippen LogP contribution in [0.25, 0.3) is 0 Å². The molecule has 1 aromatic rings. The highest BCUT2D eigenvalue weighted by atomic mass is 28.3. The lowest BCUT2D eigenvalue weighted by molar-refractivity contribution is -0.107. The number of benzene rings is 1. The molecule has 0 saturated carbocycles. The molecule has 0 heterocycles. The third-order valence-electron chi connectivity index (χ3n) is 3.65. The van der Waals surface area contributed by atoms with E-state index in [1.165, 1.54) is 5.19 Å². The molecule has 1 unspecified atom stereocenters. The molecule has 0 fully saturated rings. The number of aliphatic hydroxyl groups is 1. The fraction of sp³-hybridized carbons (Fsp3) is 0.533. The molecule has 0 aliphatic rings. The van der Waals surface area contributed by atoms with E-state index < -0.39 is 8.07 Å². The Labute approximate surface area is 111 Å². The Morgan fingerprint density at radius 2 is 1.83 bits per heavy atom. The first-order valence-electron chi connectivity index (χ1n) is 6.76. The molecule has 0 radical (unpaired) electrons. The Bertz CT molecular complexity index is 349. The van der Waals surface area contributed by atoms with Gasteiger partial charge in [0, 0.05) is 12.1 Å². The molecule has 0 spiro atoms. The third kappa shape index (κ3) is 4.39. The lowest BCUT2D eigenvalue weighted by Crippen LogP contribution is -2.52. The predicted molar refractivity (Wildman–Crippen MR) is 78.7 cm³/mol. The van der Waals surface area contributed by atoms with E-state index in [2.05, 4.69) is 25.2 Å². The van der Waals surface area contributed by atoms with Crippen LogP contribution in [-0.4, -0.2) is 25.2 Å². The normalized spacial score (nSPS) is 13.3. The fourth-order valence-electron chi connectivity index (χ4n) is 2.16. The van der Waals surface area contributed by atoms with Crippen LogP contribution in [0.1, 0.15) is 32.1 Å². The molecule has 0 saturated heterocycles. The maximum atomic E-state index is 10.4. The number of hydrogen-bond donors (Lipinski definition) is 1. The standard InChI is InChI=1S/C15H24O2Si/c1-18(2,14-10-6-5-7-11-14)15(17)12-8-3-4-9-13-16/h5-7,10-11,13,15,17H,3-4,8-9,12H2,1-2H3. The summed E-state index contributed by atoms with van der Waals surface area (Å²) in [5.41, 5.74) is -0.198. The SMILES string of the molecule is C[Si](C)(c1ccccc1)C(O)CCCCCC=O. The number of carbonyl (C=O) groups excluding carboxylic acids is 1. The monoisotopic (exact) mass is 264 g/mol. The van der Waals surface area contributed by atoms with Crippen LogP contribution in [0.4, 0.5) is 0 Å². The van der Waals surface area contributed by atoms with Crippen molar-refractivity contribution in [2.75, 3.05) is 0 Å². The molecule has 0 amide bonds. The largest absolute Gasteiger partial charge is 0.396 e. The fourth-order valence-corrected chi connectivity index (χ4v) is 4.53. The van der Waals surface area contributed by atoms with E-state index in [4.69, 9.17) is 0 Å². The van der Waals surface area contributed by atoms with Gasteiger partial charge in [-0.2, -0.15) is 0 Å². The molecule has 0 bridgehead atoms. The first-order valence-corrected chi connectivity index (χ1v) is 9.84. The highest BCUT2D eigenvalue weighted by Crippen LogP contribution is 2.15. The third-order valence-corrected chi connectivity index (χ3v) is 7.43. The summed E-state index contributed by atoms with van der Waals surface area (Å²) in [5.74, 6) is 0. The average Bonchev–Trinajstić information content (AvgIpc) is 2.39. The molecule has 2 nitrogen and oxygen atoms in total. The van der Waals surface area contributed by atoms with Crippen molar-refractivity contribution in [3.05, 3.63) is 30.3 Å². The van der Waals surface area contributed by atoms with Crippen LogP contribution in [0.2, 0.25) is 13.1 Å². The zero-order chi connectivity index (χ0) is 13.4. The van der Waals surface area contributed by atoms with Crippen LogP contribution in [0.5, 0.6) is 0 Å². The van der Waals surface area contributed by atoms with E-state index in [1.54, 1.807) is 0 Å². The van der Waals surface area contributed by atoms with Gasteiger partial charge in [0.2, 0.25) is 0 Å². The second-order valence-corrected chi connectivity index (χ2v) is 10.1. The van der Waals surface area contributed by atoms with Gasteiger partial charge in [-0.1, -0.05) is 61.5 Å². The summed E-state index contributed by atoms with van der Waals surface area (Å²) >= 11 is 0. The second kappa shape index (κ2) is 7.49. The molecule has 0 aromatic heterocycles. The molecule has 18 heavy (non-hydrogen) atoms. The summed E-state index contributed by atoms with van der Waals surface area (Å²) in [6, 6.07) is 10.4. The first kappa shape index (κ1) is 15.1. The average molecular weight is 264 g/mol. The number of aliphatic hydroxyl groups excluding tert-OH is 1. The molecule has 1 N–H and O–H groups in total. The molecule has 0 aliphatic heterocycles. The Kier molecular flexibility index (Phi) is 6.29. The van der Waals surface area contributed by atoms with Crippen LogP contribution in [0, 0.1) is 0 Å². The molecule has 100 valence electrons. The van der Waals surface area contributed by atoms with Gasteiger partial charge in [-0.3, -0.25) is 0 Å². The van der Waals surface area contributed by atoms with Crippen molar-refractivity contribution < 1.29 is 9.90 Å². The summed E-state index contributed by atoms with van der Waals surface area (Å²) in [4.78, 5) is 10.2. The lowest BCUT2D eigenvalue weighted by atomic mass is 10.2. The second-order valence-electron chi connectivity index (χ2n) is 5.41. The van der Waals surface area contributed by atoms with Gasteiger partial charge in [0.25, 0.3) is 0 Å². The molecule has 3 heteroatoms. The van der Waals surface area contributed by atoms with Gasteiger partial charge in [-0.25, -0.2) is 0 Å². The van der Waals surface area contributed by atoms with Gasteiger partial charge < -0.3 is 9.90 Å². The van der Waals surface area contributed by atoms with Gasteiger partial charge in [-0.15, -0.1) is 0 Å². The van der Waals surface area contributed by atoms with E-state index in [1.807, 2.05) is 18.2 Å². The minimum absolute atomic E-state index is 0.198. The molecule has 1 atom stereocenters. The van der Waals surface area contributed by atoms with Crippen LogP contribution in [-0.2, 0) is 4.79 Å². The van der Waals surface area contributed by atoms with E-state index >= 15 is 0 Å². The minimum Gasteiger partial charge on any atom is -0.396 e. The summed E-state index contributed by atoms with van der Waals surface area (Å²) in [6.45, 7) is 4.44. The minimum atomic E-state index is -1.77. The molecular weight excluding hydrogens is 240 g/mol. The van der Waals surface area contributed by atoms with Crippen molar-refractivity contribution in [1.29, 1.82) is 0 Å². The molecule has 1 aromatic carbocycles.